The average Bonchev–Trinajstić information content (AvgIpc) is 3.20. The second kappa shape index (κ2) is 7.79. The zero-order chi connectivity index (χ0) is 17.6. The number of amides is 2. The smallest absolute Gasteiger partial charge is 0.270 e. The number of pyridine rings is 1. The van der Waals surface area contributed by atoms with Gasteiger partial charge in [-0.3, -0.25) is 14.6 Å². The van der Waals surface area contributed by atoms with Gasteiger partial charge in [0.2, 0.25) is 0 Å². The van der Waals surface area contributed by atoms with E-state index >= 15 is 0 Å². The van der Waals surface area contributed by atoms with Crippen LogP contribution in [0.15, 0.2) is 42.6 Å². The zero-order valence-corrected chi connectivity index (χ0v) is 14.2. The Labute approximate surface area is 146 Å². The SMILES string of the molecule is COc1ccc(CNC(=O)c2cc(C(=O)N3CCCC3)ccn2)cc1. The van der Waals surface area contributed by atoms with Gasteiger partial charge in [0.1, 0.15) is 11.4 Å². The molecule has 0 saturated carbocycles. The molecule has 1 N–H and O–H groups in total. The number of ether oxygens (including phenoxy) is 1. The number of likely N-dealkylation sites (tertiary alicyclic amines) is 1. The number of methoxy groups -OCH3 is 1. The molecule has 0 spiro atoms. The van der Waals surface area contributed by atoms with E-state index in [0.29, 0.717) is 12.1 Å². The van der Waals surface area contributed by atoms with Gasteiger partial charge in [-0.2, -0.15) is 0 Å². The second-order valence-corrected chi connectivity index (χ2v) is 5.96. The van der Waals surface area contributed by atoms with Gasteiger partial charge in [-0.15, -0.1) is 0 Å². The monoisotopic (exact) mass is 339 g/mol. The van der Waals surface area contributed by atoms with Crippen LogP contribution in [0.5, 0.6) is 5.75 Å². The number of carbonyl (C=O) groups is 2. The minimum absolute atomic E-state index is 0.0379. The molecule has 0 bridgehead atoms. The molecule has 3 rings (SSSR count). The minimum Gasteiger partial charge on any atom is -0.497 e. The Kier molecular flexibility index (Phi) is 5.28. The quantitative estimate of drug-likeness (QED) is 0.907. The lowest BCUT2D eigenvalue weighted by Gasteiger charge is -2.15. The van der Waals surface area contributed by atoms with Crippen LogP contribution in [-0.2, 0) is 6.54 Å². The molecule has 0 radical (unpaired) electrons. The molecule has 0 aliphatic carbocycles. The van der Waals surface area contributed by atoms with E-state index in [1.54, 1.807) is 19.2 Å². The van der Waals surface area contributed by atoms with Crippen LogP contribution in [0.3, 0.4) is 0 Å². The lowest BCUT2D eigenvalue weighted by molar-refractivity contribution is 0.0792. The highest BCUT2D eigenvalue weighted by atomic mass is 16.5. The molecule has 1 aromatic heterocycles. The van der Waals surface area contributed by atoms with Crippen LogP contribution < -0.4 is 10.1 Å². The fourth-order valence-electron chi connectivity index (χ4n) is 2.81. The number of nitrogens with one attached hydrogen (secondary N) is 1. The van der Waals surface area contributed by atoms with Crippen LogP contribution in [0, 0.1) is 0 Å². The largest absolute Gasteiger partial charge is 0.497 e. The summed E-state index contributed by atoms with van der Waals surface area (Å²) in [5.74, 6) is 0.431. The van der Waals surface area contributed by atoms with Gasteiger partial charge >= 0.3 is 0 Å². The summed E-state index contributed by atoms with van der Waals surface area (Å²) >= 11 is 0. The summed E-state index contributed by atoms with van der Waals surface area (Å²) < 4.78 is 5.11. The fraction of sp³-hybridized carbons (Fsp3) is 0.316. The molecule has 2 heterocycles. The van der Waals surface area contributed by atoms with Crippen LogP contribution in [-0.4, -0.2) is 41.9 Å². The third-order valence-electron chi connectivity index (χ3n) is 4.24. The summed E-state index contributed by atoms with van der Waals surface area (Å²) in [5.41, 5.74) is 1.71. The predicted molar refractivity (Wildman–Crippen MR) is 93.5 cm³/mol. The number of hydrogen-bond donors (Lipinski definition) is 1. The van der Waals surface area contributed by atoms with Crippen LogP contribution in [0.2, 0.25) is 0 Å². The summed E-state index contributed by atoms with van der Waals surface area (Å²) in [5, 5.41) is 2.82. The van der Waals surface area contributed by atoms with Crippen molar-refractivity contribution in [1.82, 2.24) is 15.2 Å². The van der Waals surface area contributed by atoms with Gasteiger partial charge in [0.25, 0.3) is 11.8 Å². The van der Waals surface area contributed by atoms with Gasteiger partial charge in [0, 0.05) is 31.4 Å². The van der Waals surface area contributed by atoms with Crippen molar-refractivity contribution in [2.75, 3.05) is 20.2 Å². The zero-order valence-electron chi connectivity index (χ0n) is 14.2. The van der Waals surface area contributed by atoms with Gasteiger partial charge in [-0.1, -0.05) is 12.1 Å². The van der Waals surface area contributed by atoms with Crippen LogP contribution in [0.25, 0.3) is 0 Å². The number of carbonyl (C=O) groups excluding carboxylic acids is 2. The molecule has 0 unspecified atom stereocenters. The maximum absolute atomic E-state index is 12.4. The highest BCUT2D eigenvalue weighted by Gasteiger charge is 2.20. The lowest BCUT2D eigenvalue weighted by atomic mass is 10.2. The number of hydrogen-bond acceptors (Lipinski definition) is 4. The molecule has 0 atom stereocenters. The fourth-order valence-corrected chi connectivity index (χ4v) is 2.81. The van der Waals surface area contributed by atoms with Gasteiger partial charge in [-0.25, -0.2) is 0 Å². The maximum Gasteiger partial charge on any atom is 0.270 e. The first-order chi connectivity index (χ1) is 12.2. The Balaban J connectivity index is 1.63. The summed E-state index contributed by atoms with van der Waals surface area (Å²) in [6.45, 7) is 1.94. The Morgan fingerprint density at radius 2 is 1.88 bits per heavy atom. The third-order valence-corrected chi connectivity index (χ3v) is 4.24. The van der Waals surface area contributed by atoms with Crippen molar-refractivity contribution in [1.29, 1.82) is 0 Å². The standard InChI is InChI=1S/C19H21N3O3/c1-25-16-6-4-14(5-7-16)13-21-18(23)17-12-15(8-9-20-17)19(24)22-10-2-3-11-22/h4-9,12H,2-3,10-11,13H2,1H3,(H,21,23). The normalized spacial score (nSPS) is 13.6. The summed E-state index contributed by atoms with van der Waals surface area (Å²) in [4.78, 5) is 30.6. The molecule has 1 saturated heterocycles. The first-order valence-corrected chi connectivity index (χ1v) is 8.34. The van der Waals surface area contributed by atoms with E-state index in [-0.39, 0.29) is 17.5 Å². The van der Waals surface area contributed by atoms with Crippen molar-refractivity contribution in [3.05, 3.63) is 59.4 Å². The van der Waals surface area contributed by atoms with E-state index in [1.807, 2.05) is 29.2 Å². The molecule has 1 fully saturated rings. The molecule has 2 amide bonds. The van der Waals surface area contributed by atoms with Crippen molar-refractivity contribution in [3.63, 3.8) is 0 Å². The molecule has 1 aromatic carbocycles. The highest BCUT2D eigenvalue weighted by molar-refractivity contribution is 5.98. The molecule has 130 valence electrons. The predicted octanol–water partition coefficient (Wildman–Crippen LogP) is 2.26. The van der Waals surface area contributed by atoms with Gasteiger partial charge in [0.15, 0.2) is 0 Å². The van der Waals surface area contributed by atoms with Crippen molar-refractivity contribution in [2.24, 2.45) is 0 Å². The highest BCUT2D eigenvalue weighted by Crippen LogP contribution is 2.14. The van der Waals surface area contributed by atoms with Gasteiger partial charge in [0.05, 0.1) is 7.11 Å². The first-order valence-electron chi connectivity index (χ1n) is 8.34. The van der Waals surface area contributed by atoms with Crippen LogP contribution in [0.1, 0.15) is 39.3 Å². The number of aromatic nitrogens is 1. The Hall–Kier alpha value is -2.89. The third kappa shape index (κ3) is 4.15. The average molecular weight is 339 g/mol. The molecule has 2 aromatic rings. The lowest BCUT2D eigenvalue weighted by Crippen LogP contribution is -2.28. The molecule has 1 aliphatic heterocycles. The molecule has 6 heteroatoms. The topological polar surface area (TPSA) is 71.5 Å². The number of rotatable bonds is 5. The molecule has 1 aliphatic rings. The van der Waals surface area contributed by atoms with E-state index in [2.05, 4.69) is 10.3 Å². The summed E-state index contributed by atoms with van der Waals surface area (Å²) in [6.07, 6.45) is 3.57. The molecular formula is C19H21N3O3. The second-order valence-electron chi connectivity index (χ2n) is 5.96. The summed E-state index contributed by atoms with van der Waals surface area (Å²) in [6, 6.07) is 10.7. The molecule has 25 heavy (non-hydrogen) atoms. The van der Waals surface area contributed by atoms with E-state index in [1.165, 1.54) is 6.20 Å². The van der Waals surface area contributed by atoms with Crippen molar-refractivity contribution >= 4 is 11.8 Å². The Morgan fingerprint density at radius 1 is 1.16 bits per heavy atom. The maximum atomic E-state index is 12.4. The van der Waals surface area contributed by atoms with E-state index in [4.69, 9.17) is 4.74 Å². The number of nitrogens with zero attached hydrogens (tertiary/aromatic N) is 2. The first kappa shape index (κ1) is 17.0. The summed E-state index contributed by atoms with van der Waals surface area (Å²) in [7, 11) is 1.61. The van der Waals surface area contributed by atoms with Crippen LogP contribution >= 0.6 is 0 Å². The van der Waals surface area contributed by atoms with E-state index < -0.39 is 0 Å². The van der Waals surface area contributed by atoms with Crippen molar-refractivity contribution in [3.8, 4) is 5.75 Å². The van der Waals surface area contributed by atoms with E-state index in [9.17, 15) is 9.59 Å². The Bertz CT molecular complexity index is 753. The van der Waals surface area contributed by atoms with Crippen molar-refractivity contribution in [2.45, 2.75) is 19.4 Å². The van der Waals surface area contributed by atoms with Gasteiger partial charge in [-0.05, 0) is 42.7 Å². The van der Waals surface area contributed by atoms with Crippen molar-refractivity contribution < 1.29 is 14.3 Å². The molecule has 6 nitrogen and oxygen atoms in total. The van der Waals surface area contributed by atoms with Gasteiger partial charge < -0.3 is 15.0 Å². The minimum atomic E-state index is -0.299. The van der Waals surface area contributed by atoms with Crippen LogP contribution in [0.4, 0.5) is 0 Å². The van der Waals surface area contributed by atoms with E-state index in [0.717, 1.165) is 37.2 Å². The molecular weight excluding hydrogens is 318 g/mol. The Morgan fingerprint density at radius 3 is 2.56 bits per heavy atom. The number of benzene rings is 1.